The largest absolute Gasteiger partial charge is 0.0622 e. The highest BCUT2D eigenvalue weighted by molar-refractivity contribution is 5.98. The summed E-state index contributed by atoms with van der Waals surface area (Å²) >= 11 is 0. The summed E-state index contributed by atoms with van der Waals surface area (Å²) in [4.78, 5) is 0. The standard InChI is InChI=1S/C18H15/c1-2-14-12-13-17(15-8-4-3-5-9-15)18-11-7-6-10-16(14)18/h3-13H,1-2H2. The topological polar surface area (TPSA) is 0 Å². The van der Waals surface area contributed by atoms with Crippen LogP contribution >= 0.6 is 0 Å². The molecule has 0 atom stereocenters. The van der Waals surface area contributed by atoms with Gasteiger partial charge in [0.2, 0.25) is 0 Å². The summed E-state index contributed by atoms with van der Waals surface area (Å²) in [7, 11) is 0. The van der Waals surface area contributed by atoms with Gasteiger partial charge < -0.3 is 0 Å². The van der Waals surface area contributed by atoms with Crippen molar-refractivity contribution in [2.75, 3.05) is 0 Å². The fraction of sp³-hybridized carbons (Fsp3) is 0.0556. The molecule has 0 fully saturated rings. The Hall–Kier alpha value is -2.08. The van der Waals surface area contributed by atoms with Crippen LogP contribution in [-0.4, -0.2) is 0 Å². The van der Waals surface area contributed by atoms with Gasteiger partial charge in [0.1, 0.15) is 0 Å². The van der Waals surface area contributed by atoms with Gasteiger partial charge in [-0.1, -0.05) is 66.7 Å². The molecule has 0 saturated heterocycles. The van der Waals surface area contributed by atoms with Crippen LogP contribution < -0.4 is 0 Å². The van der Waals surface area contributed by atoms with Crippen LogP contribution in [-0.2, 0) is 6.42 Å². The highest BCUT2D eigenvalue weighted by atomic mass is 14.1. The molecule has 18 heavy (non-hydrogen) atoms. The molecule has 3 aromatic carbocycles. The molecule has 0 N–H and O–H groups in total. The Kier molecular flexibility index (Phi) is 2.85. The van der Waals surface area contributed by atoms with Crippen LogP contribution in [0.1, 0.15) is 5.56 Å². The summed E-state index contributed by atoms with van der Waals surface area (Å²) in [6.07, 6.45) is 0.829. The van der Waals surface area contributed by atoms with Crippen molar-refractivity contribution < 1.29 is 0 Å². The van der Waals surface area contributed by atoms with Crippen molar-refractivity contribution in [3.8, 4) is 11.1 Å². The smallest absolute Gasteiger partial charge is 0.0103 e. The average Bonchev–Trinajstić information content (AvgIpc) is 2.47. The molecular formula is C18H15. The molecule has 3 aromatic rings. The first-order valence-electron chi connectivity index (χ1n) is 6.25. The van der Waals surface area contributed by atoms with Gasteiger partial charge in [-0.2, -0.15) is 0 Å². The number of benzene rings is 3. The summed E-state index contributed by atoms with van der Waals surface area (Å²) < 4.78 is 0. The number of hydrogen-bond donors (Lipinski definition) is 0. The number of rotatable bonds is 2. The Morgan fingerprint density at radius 1 is 0.667 bits per heavy atom. The van der Waals surface area contributed by atoms with Gasteiger partial charge >= 0.3 is 0 Å². The molecule has 0 bridgehead atoms. The molecule has 0 aliphatic carbocycles. The lowest BCUT2D eigenvalue weighted by Gasteiger charge is -2.10. The summed E-state index contributed by atoms with van der Waals surface area (Å²) in [6, 6.07) is 23.5. The molecule has 0 heterocycles. The first kappa shape index (κ1) is 11.0. The predicted molar refractivity (Wildman–Crippen MR) is 78.4 cm³/mol. The summed E-state index contributed by atoms with van der Waals surface area (Å²) in [5.41, 5.74) is 3.87. The summed E-state index contributed by atoms with van der Waals surface area (Å²) in [5.74, 6) is 0. The molecule has 0 unspecified atom stereocenters. The van der Waals surface area contributed by atoms with E-state index in [1.807, 2.05) is 0 Å². The van der Waals surface area contributed by atoms with Crippen LogP contribution in [0.3, 0.4) is 0 Å². The summed E-state index contributed by atoms with van der Waals surface area (Å²) in [5, 5.41) is 2.62. The maximum absolute atomic E-state index is 4.01. The fourth-order valence-corrected chi connectivity index (χ4v) is 2.45. The molecule has 3 rings (SSSR count). The minimum absolute atomic E-state index is 0.829. The van der Waals surface area contributed by atoms with Crippen molar-refractivity contribution in [2.24, 2.45) is 0 Å². The van der Waals surface area contributed by atoms with Gasteiger partial charge in [-0.15, -0.1) is 0 Å². The molecule has 0 amide bonds. The van der Waals surface area contributed by atoms with Crippen LogP contribution in [0.4, 0.5) is 0 Å². The lowest BCUT2D eigenvalue weighted by molar-refractivity contribution is 1.30. The Labute approximate surface area is 108 Å². The van der Waals surface area contributed by atoms with Crippen molar-refractivity contribution in [3.63, 3.8) is 0 Å². The van der Waals surface area contributed by atoms with E-state index in [4.69, 9.17) is 0 Å². The normalized spacial score (nSPS) is 10.7. The zero-order valence-corrected chi connectivity index (χ0v) is 10.3. The van der Waals surface area contributed by atoms with E-state index < -0.39 is 0 Å². The quantitative estimate of drug-likeness (QED) is 0.589. The molecule has 87 valence electrons. The molecule has 0 aromatic heterocycles. The van der Waals surface area contributed by atoms with Crippen molar-refractivity contribution in [1.29, 1.82) is 0 Å². The molecule has 0 aliphatic rings. The summed E-state index contributed by atoms with van der Waals surface area (Å²) in [6.45, 7) is 4.01. The number of hydrogen-bond acceptors (Lipinski definition) is 0. The monoisotopic (exact) mass is 231 g/mol. The van der Waals surface area contributed by atoms with Crippen molar-refractivity contribution >= 4 is 10.8 Å². The average molecular weight is 231 g/mol. The molecule has 0 heteroatoms. The van der Waals surface area contributed by atoms with Gasteiger partial charge in [-0.05, 0) is 40.8 Å². The van der Waals surface area contributed by atoms with E-state index in [0.29, 0.717) is 0 Å². The van der Waals surface area contributed by atoms with Gasteiger partial charge in [-0.3, -0.25) is 0 Å². The van der Waals surface area contributed by atoms with Gasteiger partial charge in [0.05, 0.1) is 0 Å². The minimum atomic E-state index is 0.829. The Morgan fingerprint density at radius 2 is 1.33 bits per heavy atom. The predicted octanol–water partition coefficient (Wildman–Crippen LogP) is 4.88. The Bertz CT molecular complexity index is 666. The van der Waals surface area contributed by atoms with E-state index in [1.54, 1.807) is 0 Å². The van der Waals surface area contributed by atoms with E-state index in [0.717, 1.165) is 6.42 Å². The first-order valence-corrected chi connectivity index (χ1v) is 6.25. The fourth-order valence-electron chi connectivity index (χ4n) is 2.45. The minimum Gasteiger partial charge on any atom is -0.0622 e. The highest BCUT2D eigenvalue weighted by Gasteiger charge is 2.05. The van der Waals surface area contributed by atoms with Gasteiger partial charge in [0.15, 0.2) is 0 Å². The molecule has 0 nitrogen and oxygen atoms in total. The lowest BCUT2D eigenvalue weighted by atomic mass is 9.94. The van der Waals surface area contributed by atoms with E-state index in [-0.39, 0.29) is 0 Å². The molecule has 0 spiro atoms. The molecule has 1 radical (unpaired) electrons. The van der Waals surface area contributed by atoms with Crippen LogP contribution in [0, 0.1) is 6.92 Å². The van der Waals surface area contributed by atoms with E-state index in [1.165, 1.54) is 27.5 Å². The Morgan fingerprint density at radius 3 is 2.06 bits per heavy atom. The van der Waals surface area contributed by atoms with E-state index >= 15 is 0 Å². The SMILES string of the molecule is [CH2]Cc1ccc(-c2ccccc2)c2ccccc12. The third-order valence-electron chi connectivity index (χ3n) is 3.37. The lowest BCUT2D eigenvalue weighted by Crippen LogP contribution is -1.87. The van der Waals surface area contributed by atoms with Gasteiger partial charge in [0.25, 0.3) is 0 Å². The van der Waals surface area contributed by atoms with Crippen LogP contribution in [0.25, 0.3) is 21.9 Å². The van der Waals surface area contributed by atoms with Crippen LogP contribution in [0.5, 0.6) is 0 Å². The van der Waals surface area contributed by atoms with Crippen molar-refractivity contribution in [2.45, 2.75) is 6.42 Å². The van der Waals surface area contributed by atoms with Crippen LogP contribution in [0.15, 0.2) is 66.7 Å². The highest BCUT2D eigenvalue weighted by Crippen LogP contribution is 2.30. The number of fused-ring (bicyclic) bond motifs is 1. The second-order valence-corrected chi connectivity index (χ2v) is 4.43. The third-order valence-corrected chi connectivity index (χ3v) is 3.37. The molecule has 0 saturated carbocycles. The van der Waals surface area contributed by atoms with Crippen molar-refractivity contribution in [3.05, 3.63) is 79.2 Å². The van der Waals surface area contributed by atoms with E-state index in [2.05, 4.69) is 73.7 Å². The second-order valence-electron chi connectivity index (χ2n) is 4.43. The Balaban J connectivity index is 2.32. The zero-order valence-electron chi connectivity index (χ0n) is 10.3. The van der Waals surface area contributed by atoms with E-state index in [9.17, 15) is 0 Å². The maximum Gasteiger partial charge on any atom is -0.0103 e. The van der Waals surface area contributed by atoms with Gasteiger partial charge in [0, 0.05) is 0 Å². The zero-order chi connectivity index (χ0) is 12.4. The third kappa shape index (κ3) is 1.80. The maximum atomic E-state index is 4.01. The van der Waals surface area contributed by atoms with Crippen molar-refractivity contribution in [1.82, 2.24) is 0 Å². The second kappa shape index (κ2) is 4.66. The first-order chi connectivity index (χ1) is 8.90. The molecular weight excluding hydrogens is 216 g/mol. The molecule has 0 aliphatic heterocycles. The van der Waals surface area contributed by atoms with Gasteiger partial charge in [-0.25, -0.2) is 0 Å². The van der Waals surface area contributed by atoms with Crippen LogP contribution in [0.2, 0.25) is 0 Å².